The SMILES string of the molecule is CCN(CC)S(=O)(=O)c1cc(C(=O)NCc2cc(F)cc(F)c2)n(C)c1. The fourth-order valence-corrected chi connectivity index (χ4v) is 4.13. The van der Waals surface area contributed by atoms with Crippen molar-refractivity contribution in [3.63, 3.8) is 0 Å². The van der Waals surface area contributed by atoms with Crippen molar-refractivity contribution in [1.29, 1.82) is 0 Å². The second-order valence-corrected chi connectivity index (χ2v) is 7.66. The van der Waals surface area contributed by atoms with Gasteiger partial charge in [-0.1, -0.05) is 13.8 Å². The molecule has 0 aliphatic rings. The van der Waals surface area contributed by atoms with Crippen molar-refractivity contribution < 1.29 is 22.0 Å². The summed E-state index contributed by atoms with van der Waals surface area (Å²) in [7, 11) is -2.13. The van der Waals surface area contributed by atoms with E-state index in [2.05, 4.69) is 5.32 Å². The average Bonchev–Trinajstić information content (AvgIpc) is 2.95. The molecule has 0 atom stereocenters. The number of carbonyl (C=O) groups is 1. The molecule has 0 radical (unpaired) electrons. The lowest BCUT2D eigenvalue weighted by atomic mass is 10.2. The highest BCUT2D eigenvalue weighted by molar-refractivity contribution is 7.89. The number of benzene rings is 1. The summed E-state index contributed by atoms with van der Waals surface area (Å²) in [6, 6.07) is 4.26. The van der Waals surface area contributed by atoms with E-state index in [-0.39, 0.29) is 22.7 Å². The standard InChI is InChI=1S/C17H21F2N3O3S/c1-4-22(5-2)26(24,25)15-9-16(21(3)11-15)17(23)20-10-12-6-13(18)8-14(19)7-12/h6-9,11H,4-5,10H2,1-3H3,(H,20,23). The van der Waals surface area contributed by atoms with Crippen LogP contribution in [0.3, 0.4) is 0 Å². The van der Waals surface area contributed by atoms with Crippen LogP contribution in [0.4, 0.5) is 8.78 Å². The van der Waals surface area contributed by atoms with E-state index in [0.29, 0.717) is 13.1 Å². The Kier molecular flexibility index (Phi) is 6.14. The quantitative estimate of drug-likeness (QED) is 0.795. The van der Waals surface area contributed by atoms with Gasteiger partial charge in [0.15, 0.2) is 0 Å². The highest BCUT2D eigenvalue weighted by Gasteiger charge is 2.25. The van der Waals surface area contributed by atoms with Crippen molar-refractivity contribution >= 4 is 15.9 Å². The van der Waals surface area contributed by atoms with Gasteiger partial charge in [-0.3, -0.25) is 4.79 Å². The van der Waals surface area contributed by atoms with Crippen molar-refractivity contribution in [2.45, 2.75) is 25.3 Å². The number of carbonyl (C=O) groups excluding carboxylic acids is 1. The van der Waals surface area contributed by atoms with Gasteiger partial charge in [0.05, 0.1) is 0 Å². The van der Waals surface area contributed by atoms with E-state index in [4.69, 9.17) is 0 Å². The first kappa shape index (κ1) is 20.1. The molecule has 142 valence electrons. The zero-order valence-corrected chi connectivity index (χ0v) is 15.6. The van der Waals surface area contributed by atoms with Gasteiger partial charge in [0, 0.05) is 38.9 Å². The molecule has 26 heavy (non-hydrogen) atoms. The lowest BCUT2D eigenvalue weighted by molar-refractivity contribution is 0.0942. The van der Waals surface area contributed by atoms with E-state index in [1.165, 1.54) is 21.1 Å². The van der Waals surface area contributed by atoms with Crippen molar-refractivity contribution in [1.82, 2.24) is 14.2 Å². The summed E-state index contributed by atoms with van der Waals surface area (Å²) >= 11 is 0. The molecule has 0 bridgehead atoms. The largest absolute Gasteiger partial charge is 0.347 e. The van der Waals surface area contributed by atoms with E-state index in [1.807, 2.05) is 0 Å². The number of nitrogens with zero attached hydrogens (tertiary/aromatic N) is 2. The van der Waals surface area contributed by atoms with E-state index >= 15 is 0 Å². The van der Waals surface area contributed by atoms with Crippen LogP contribution >= 0.6 is 0 Å². The zero-order valence-electron chi connectivity index (χ0n) is 14.8. The third-order valence-electron chi connectivity index (χ3n) is 3.93. The van der Waals surface area contributed by atoms with Crippen LogP contribution in [-0.4, -0.2) is 36.3 Å². The summed E-state index contributed by atoms with van der Waals surface area (Å²) in [5.74, 6) is -2.01. The number of hydrogen-bond acceptors (Lipinski definition) is 3. The first-order valence-corrected chi connectivity index (χ1v) is 9.52. The Morgan fingerprint density at radius 1 is 1.12 bits per heavy atom. The molecular formula is C17H21F2N3O3S. The number of aromatic nitrogens is 1. The smallest absolute Gasteiger partial charge is 0.268 e. The highest BCUT2D eigenvalue weighted by atomic mass is 32.2. The molecule has 1 aromatic heterocycles. The summed E-state index contributed by atoms with van der Waals surface area (Å²) in [5, 5.41) is 2.53. The summed E-state index contributed by atoms with van der Waals surface area (Å²) in [5.41, 5.74) is 0.397. The van der Waals surface area contributed by atoms with Crippen molar-refractivity contribution in [2.75, 3.05) is 13.1 Å². The van der Waals surface area contributed by atoms with Crippen LogP contribution in [0.5, 0.6) is 0 Å². The molecule has 2 aromatic rings. The van der Waals surface area contributed by atoms with Crippen molar-refractivity contribution in [3.8, 4) is 0 Å². The summed E-state index contributed by atoms with van der Waals surface area (Å²) < 4.78 is 54.1. The predicted octanol–water partition coefficient (Wildman–Crippen LogP) is 2.26. The van der Waals surface area contributed by atoms with Gasteiger partial charge in [0.1, 0.15) is 22.2 Å². The summed E-state index contributed by atoms with van der Waals surface area (Å²) in [4.78, 5) is 12.3. The van der Waals surface area contributed by atoms with Gasteiger partial charge in [-0.25, -0.2) is 17.2 Å². The molecule has 0 unspecified atom stereocenters. The summed E-state index contributed by atoms with van der Waals surface area (Å²) in [6.45, 7) is 4.02. The monoisotopic (exact) mass is 385 g/mol. The van der Waals surface area contributed by atoms with Crippen LogP contribution in [0.15, 0.2) is 35.4 Å². The molecule has 9 heteroatoms. The lowest BCUT2D eigenvalue weighted by Gasteiger charge is -2.17. The second-order valence-electron chi connectivity index (χ2n) is 5.72. The molecule has 1 amide bonds. The molecule has 1 heterocycles. The molecule has 2 rings (SSSR count). The molecule has 1 N–H and O–H groups in total. The van der Waals surface area contributed by atoms with Crippen molar-refractivity contribution in [2.24, 2.45) is 7.05 Å². The lowest BCUT2D eigenvalue weighted by Crippen LogP contribution is -2.30. The summed E-state index contributed by atoms with van der Waals surface area (Å²) in [6.07, 6.45) is 1.37. The van der Waals surface area contributed by atoms with Crippen LogP contribution in [0.1, 0.15) is 29.9 Å². The van der Waals surface area contributed by atoms with Gasteiger partial charge in [-0.05, 0) is 23.8 Å². The number of aryl methyl sites for hydroxylation is 1. The number of hydrogen-bond donors (Lipinski definition) is 1. The Balaban J connectivity index is 2.19. The van der Waals surface area contributed by atoms with Crippen LogP contribution in [0.2, 0.25) is 0 Å². The van der Waals surface area contributed by atoms with Gasteiger partial charge in [-0.15, -0.1) is 0 Å². The minimum Gasteiger partial charge on any atom is -0.347 e. The Labute approximate surface area is 151 Å². The maximum absolute atomic E-state index is 13.2. The molecule has 1 aromatic carbocycles. The molecular weight excluding hydrogens is 364 g/mol. The Morgan fingerprint density at radius 2 is 1.69 bits per heavy atom. The number of nitrogens with one attached hydrogen (secondary N) is 1. The van der Waals surface area contributed by atoms with Gasteiger partial charge < -0.3 is 9.88 Å². The average molecular weight is 385 g/mol. The molecule has 0 fully saturated rings. The minimum atomic E-state index is -3.68. The topological polar surface area (TPSA) is 71.4 Å². The first-order valence-electron chi connectivity index (χ1n) is 8.08. The fourth-order valence-electron chi connectivity index (χ4n) is 2.60. The number of rotatable bonds is 7. The van der Waals surface area contributed by atoms with E-state index < -0.39 is 27.6 Å². The van der Waals surface area contributed by atoms with Crippen molar-refractivity contribution in [3.05, 3.63) is 53.4 Å². The maximum Gasteiger partial charge on any atom is 0.268 e. The third kappa shape index (κ3) is 4.28. The number of halogens is 2. The molecule has 0 spiro atoms. The molecule has 0 saturated heterocycles. The predicted molar refractivity (Wildman–Crippen MR) is 93.0 cm³/mol. The van der Waals surface area contributed by atoms with E-state index in [9.17, 15) is 22.0 Å². The van der Waals surface area contributed by atoms with E-state index in [0.717, 1.165) is 18.2 Å². The molecule has 6 nitrogen and oxygen atoms in total. The molecule has 0 aliphatic heterocycles. The number of sulfonamides is 1. The van der Waals surface area contributed by atoms with Crippen LogP contribution in [-0.2, 0) is 23.6 Å². The Morgan fingerprint density at radius 3 is 2.23 bits per heavy atom. The minimum absolute atomic E-state index is 0.0191. The first-order chi connectivity index (χ1) is 12.2. The fraction of sp³-hybridized carbons (Fsp3) is 0.353. The van der Waals surface area contributed by atoms with Gasteiger partial charge in [0.25, 0.3) is 5.91 Å². The van der Waals surface area contributed by atoms with Gasteiger partial charge >= 0.3 is 0 Å². The van der Waals surface area contributed by atoms with Gasteiger partial charge in [0.2, 0.25) is 10.0 Å². The molecule has 0 aliphatic carbocycles. The molecule has 0 saturated carbocycles. The van der Waals surface area contributed by atoms with Crippen LogP contribution in [0, 0.1) is 11.6 Å². The normalized spacial score (nSPS) is 11.8. The number of amides is 1. The van der Waals surface area contributed by atoms with Crippen LogP contribution in [0.25, 0.3) is 0 Å². The highest BCUT2D eigenvalue weighted by Crippen LogP contribution is 2.18. The zero-order chi connectivity index (χ0) is 19.5. The second kappa shape index (κ2) is 7.96. The Bertz CT molecular complexity index is 886. The maximum atomic E-state index is 13.2. The van der Waals surface area contributed by atoms with E-state index in [1.54, 1.807) is 20.9 Å². The third-order valence-corrected chi connectivity index (χ3v) is 5.95. The van der Waals surface area contributed by atoms with Crippen LogP contribution < -0.4 is 5.32 Å². The Hall–Kier alpha value is -2.26. The van der Waals surface area contributed by atoms with Gasteiger partial charge in [-0.2, -0.15) is 4.31 Å².